The number of hydrogen-bond donors (Lipinski definition) is 0. The first-order valence-corrected chi connectivity index (χ1v) is 5.67. The van der Waals surface area contributed by atoms with E-state index in [1.807, 2.05) is 31.0 Å². The number of rotatable bonds is 3. The van der Waals surface area contributed by atoms with E-state index >= 15 is 0 Å². The Balaban J connectivity index is 2.92. The van der Waals surface area contributed by atoms with Gasteiger partial charge >= 0.3 is 0 Å². The molecule has 0 heterocycles. The molecular weight excluding hydrogens is 266 g/mol. The molecule has 0 saturated heterocycles. The van der Waals surface area contributed by atoms with Crippen LogP contribution in [0, 0.1) is 28.6 Å². The van der Waals surface area contributed by atoms with E-state index < -0.39 is 0 Å². The zero-order valence-corrected chi connectivity index (χ0v) is 10.8. The molecule has 0 radical (unpaired) electrons. The van der Waals surface area contributed by atoms with Crippen molar-refractivity contribution < 1.29 is 0 Å². The molecule has 4 heteroatoms. The van der Waals surface area contributed by atoms with Crippen molar-refractivity contribution in [1.29, 1.82) is 10.5 Å². The molecule has 1 aromatic rings. The molecule has 1 rings (SSSR count). The van der Waals surface area contributed by atoms with Crippen LogP contribution in [0.15, 0.2) is 22.7 Å². The van der Waals surface area contributed by atoms with Crippen molar-refractivity contribution in [3.8, 4) is 12.1 Å². The van der Waals surface area contributed by atoms with Gasteiger partial charge in [0, 0.05) is 23.8 Å². The van der Waals surface area contributed by atoms with Crippen molar-refractivity contribution in [2.75, 3.05) is 18.5 Å². The van der Waals surface area contributed by atoms with Crippen molar-refractivity contribution in [2.24, 2.45) is 5.92 Å². The van der Waals surface area contributed by atoms with E-state index in [1.54, 1.807) is 6.07 Å². The van der Waals surface area contributed by atoms with E-state index in [9.17, 15) is 0 Å². The summed E-state index contributed by atoms with van der Waals surface area (Å²) in [5.41, 5.74) is 1.55. The molecule has 0 aliphatic heterocycles. The third-order valence-corrected chi connectivity index (χ3v) is 2.68. The molecule has 0 bridgehead atoms. The molecule has 0 aliphatic carbocycles. The van der Waals surface area contributed by atoms with Crippen molar-refractivity contribution in [3.05, 3.63) is 28.2 Å². The zero-order valence-electron chi connectivity index (χ0n) is 9.24. The van der Waals surface area contributed by atoms with Gasteiger partial charge in [0.05, 0.1) is 23.6 Å². The lowest BCUT2D eigenvalue weighted by Crippen LogP contribution is -2.23. The lowest BCUT2D eigenvalue weighted by molar-refractivity contribution is 0.716. The number of anilines is 1. The highest BCUT2D eigenvalue weighted by Gasteiger charge is 2.08. The maximum atomic E-state index is 8.85. The topological polar surface area (TPSA) is 50.8 Å². The van der Waals surface area contributed by atoms with Crippen LogP contribution in [-0.4, -0.2) is 13.6 Å². The Bertz CT molecular complexity index is 456. The SMILES string of the molecule is CC(C#N)CN(C)c1cc(Br)cc(C#N)c1. The number of halogens is 1. The highest BCUT2D eigenvalue weighted by molar-refractivity contribution is 9.10. The minimum atomic E-state index is -0.0329. The fourth-order valence-electron chi connectivity index (χ4n) is 1.42. The predicted molar refractivity (Wildman–Crippen MR) is 66.9 cm³/mol. The Morgan fingerprint density at radius 1 is 1.38 bits per heavy atom. The fraction of sp³-hybridized carbons (Fsp3) is 0.333. The van der Waals surface area contributed by atoms with Crippen LogP contribution in [0.1, 0.15) is 12.5 Å². The predicted octanol–water partition coefficient (Wildman–Crippen LogP) is 2.92. The second-order valence-electron chi connectivity index (χ2n) is 3.72. The van der Waals surface area contributed by atoms with Gasteiger partial charge in [-0.1, -0.05) is 15.9 Å². The molecule has 0 aliphatic rings. The Morgan fingerprint density at radius 3 is 2.62 bits per heavy atom. The Labute approximate surface area is 104 Å². The van der Waals surface area contributed by atoms with Crippen LogP contribution in [0.4, 0.5) is 5.69 Å². The maximum absolute atomic E-state index is 8.85. The van der Waals surface area contributed by atoms with Crippen LogP contribution in [0.5, 0.6) is 0 Å². The largest absolute Gasteiger partial charge is 0.373 e. The van der Waals surface area contributed by atoms with Crippen molar-refractivity contribution >= 4 is 21.6 Å². The van der Waals surface area contributed by atoms with Crippen molar-refractivity contribution in [3.63, 3.8) is 0 Å². The van der Waals surface area contributed by atoms with E-state index in [0.29, 0.717) is 12.1 Å². The summed E-state index contributed by atoms with van der Waals surface area (Å²) in [5.74, 6) is -0.0329. The first-order valence-electron chi connectivity index (χ1n) is 4.88. The van der Waals surface area contributed by atoms with Crippen LogP contribution < -0.4 is 4.90 Å². The summed E-state index contributed by atoms with van der Waals surface area (Å²) in [4.78, 5) is 1.97. The van der Waals surface area contributed by atoms with Crippen LogP contribution in [0.25, 0.3) is 0 Å². The smallest absolute Gasteiger partial charge is 0.0992 e. The molecule has 3 nitrogen and oxygen atoms in total. The number of nitrogens with zero attached hydrogens (tertiary/aromatic N) is 3. The molecule has 82 valence electrons. The molecule has 0 amide bonds. The minimum Gasteiger partial charge on any atom is -0.373 e. The summed E-state index contributed by atoms with van der Waals surface area (Å²) in [7, 11) is 1.91. The van der Waals surface area contributed by atoms with Gasteiger partial charge in [-0.05, 0) is 25.1 Å². The lowest BCUT2D eigenvalue weighted by Gasteiger charge is -2.20. The van der Waals surface area contributed by atoms with Gasteiger partial charge < -0.3 is 4.90 Å². The van der Waals surface area contributed by atoms with Gasteiger partial charge in [0.2, 0.25) is 0 Å². The van der Waals surface area contributed by atoms with E-state index in [4.69, 9.17) is 10.5 Å². The Hall–Kier alpha value is -1.52. The summed E-state index contributed by atoms with van der Waals surface area (Å²) in [6.07, 6.45) is 0. The molecule has 1 atom stereocenters. The van der Waals surface area contributed by atoms with E-state index in [0.717, 1.165) is 10.2 Å². The molecule has 16 heavy (non-hydrogen) atoms. The third kappa shape index (κ3) is 3.25. The summed E-state index contributed by atoms with van der Waals surface area (Å²) < 4.78 is 0.873. The van der Waals surface area contributed by atoms with Gasteiger partial charge in [-0.15, -0.1) is 0 Å². The molecule has 0 N–H and O–H groups in total. The Kier molecular flexibility index (Phi) is 4.34. The maximum Gasteiger partial charge on any atom is 0.0992 e. The van der Waals surface area contributed by atoms with Gasteiger partial charge in [0.15, 0.2) is 0 Å². The number of benzene rings is 1. The second kappa shape index (κ2) is 5.53. The van der Waals surface area contributed by atoms with Gasteiger partial charge in [0.1, 0.15) is 0 Å². The second-order valence-corrected chi connectivity index (χ2v) is 4.64. The van der Waals surface area contributed by atoms with Gasteiger partial charge in [-0.25, -0.2) is 0 Å². The van der Waals surface area contributed by atoms with E-state index in [2.05, 4.69) is 28.1 Å². The van der Waals surface area contributed by atoms with E-state index in [-0.39, 0.29) is 5.92 Å². The van der Waals surface area contributed by atoms with Crippen LogP contribution in [0.3, 0.4) is 0 Å². The number of nitriles is 2. The van der Waals surface area contributed by atoms with Crippen molar-refractivity contribution in [2.45, 2.75) is 6.92 Å². The quantitative estimate of drug-likeness (QED) is 0.854. The summed E-state index contributed by atoms with van der Waals surface area (Å²) in [6.45, 7) is 2.53. The number of hydrogen-bond acceptors (Lipinski definition) is 3. The monoisotopic (exact) mass is 277 g/mol. The highest BCUT2D eigenvalue weighted by Crippen LogP contribution is 2.22. The average Bonchev–Trinajstić information content (AvgIpc) is 2.27. The van der Waals surface area contributed by atoms with Crippen LogP contribution >= 0.6 is 15.9 Å². The highest BCUT2D eigenvalue weighted by atomic mass is 79.9. The summed E-state index contributed by atoms with van der Waals surface area (Å²) in [6, 6.07) is 9.82. The molecular formula is C12H12BrN3. The van der Waals surface area contributed by atoms with Gasteiger partial charge in [-0.3, -0.25) is 0 Å². The first kappa shape index (κ1) is 12.5. The fourth-order valence-corrected chi connectivity index (χ4v) is 1.90. The minimum absolute atomic E-state index is 0.0329. The molecule has 1 unspecified atom stereocenters. The van der Waals surface area contributed by atoms with Crippen LogP contribution in [-0.2, 0) is 0 Å². The molecule has 0 spiro atoms. The third-order valence-electron chi connectivity index (χ3n) is 2.22. The molecule has 0 aromatic heterocycles. The van der Waals surface area contributed by atoms with E-state index in [1.165, 1.54) is 0 Å². The zero-order chi connectivity index (χ0) is 12.1. The molecule has 0 fully saturated rings. The van der Waals surface area contributed by atoms with Gasteiger partial charge in [0.25, 0.3) is 0 Å². The average molecular weight is 278 g/mol. The summed E-state index contributed by atoms with van der Waals surface area (Å²) in [5, 5.41) is 17.6. The normalized spacial score (nSPS) is 11.3. The summed E-state index contributed by atoms with van der Waals surface area (Å²) >= 11 is 3.36. The van der Waals surface area contributed by atoms with Crippen LogP contribution in [0.2, 0.25) is 0 Å². The first-order chi connectivity index (χ1) is 7.56. The molecule has 1 aromatic carbocycles. The van der Waals surface area contributed by atoms with Crippen molar-refractivity contribution in [1.82, 2.24) is 0 Å². The standard InChI is InChI=1S/C12H12BrN3/c1-9(6-14)8-16(2)12-4-10(7-15)3-11(13)5-12/h3-5,9H,8H2,1-2H3. The Morgan fingerprint density at radius 2 is 2.06 bits per heavy atom. The van der Waals surface area contributed by atoms with Gasteiger partial charge in [-0.2, -0.15) is 10.5 Å². The lowest BCUT2D eigenvalue weighted by atomic mass is 10.1. The molecule has 0 saturated carbocycles.